The van der Waals surface area contributed by atoms with Crippen LogP contribution in [0.4, 0.5) is 0 Å². The Bertz CT molecular complexity index is 495. The van der Waals surface area contributed by atoms with E-state index in [0.717, 1.165) is 19.5 Å². The Hall–Kier alpha value is -1.17. The second-order valence-electron chi connectivity index (χ2n) is 4.60. The molecule has 0 aliphatic heterocycles. The molecule has 1 aromatic carbocycles. The van der Waals surface area contributed by atoms with Crippen LogP contribution in [0.5, 0.6) is 0 Å². The van der Waals surface area contributed by atoms with Crippen molar-refractivity contribution in [1.82, 2.24) is 10.0 Å². The minimum atomic E-state index is -3.06. The van der Waals surface area contributed by atoms with Gasteiger partial charge in [0.25, 0.3) is 0 Å². The van der Waals surface area contributed by atoms with Gasteiger partial charge in [-0.05, 0) is 25.5 Å². The standard InChI is InChI=1S/C14H22N2O2S/c1-13(11-14-7-4-3-5-8-14)12-15-9-6-10-16-19(2,17)18/h3-5,7-8,11,15-16H,6,9-10,12H2,1-2H3/b13-11-. The molecule has 0 saturated heterocycles. The van der Waals surface area contributed by atoms with E-state index in [2.05, 4.69) is 35.2 Å². The number of hydrogen-bond acceptors (Lipinski definition) is 3. The summed E-state index contributed by atoms with van der Waals surface area (Å²) in [6.07, 6.45) is 4.10. The fraction of sp³-hybridized carbons (Fsp3) is 0.429. The summed E-state index contributed by atoms with van der Waals surface area (Å²) >= 11 is 0. The predicted molar refractivity (Wildman–Crippen MR) is 80.4 cm³/mol. The Labute approximate surface area is 116 Å². The molecule has 0 bridgehead atoms. The summed E-state index contributed by atoms with van der Waals surface area (Å²) in [5, 5.41) is 3.29. The van der Waals surface area contributed by atoms with Gasteiger partial charge in [0, 0.05) is 13.1 Å². The van der Waals surface area contributed by atoms with Crippen LogP contribution in [0.15, 0.2) is 35.9 Å². The van der Waals surface area contributed by atoms with E-state index in [-0.39, 0.29) is 0 Å². The zero-order valence-electron chi connectivity index (χ0n) is 11.5. The summed E-state index contributed by atoms with van der Waals surface area (Å²) in [4.78, 5) is 0. The molecule has 0 aliphatic rings. The van der Waals surface area contributed by atoms with Crippen molar-refractivity contribution in [3.8, 4) is 0 Å². The van der Waals surface area contributed by atoms with Crippen LogP contribution in [0.2, 0.25) is 0 Å². The molecule has 5 heteroatoms. The number of nitrogens with one attached hydrogen (secondary N) is 2. The van der Waals surface area contributed by atoms with E-state index in [1.165, 1.54) is 17.4 Å². The summed E-state index contributed by atoms with van der Waals surface area (Å²) in [6.45, 7) is 4.16. The molecule has 0 radical (unpaired) electrons. The van der Waals surface area contributed by atoms with E-state index in [1.807, 2.05) is 18.2 Å². The van der Waals surface area contributed by atoms with Gasteiger partial charge in [-0.25, -0.2) is 13.1 Å². The average molecular weight is 282 g/mol. The highest BCUT2D eigenvalue weighted by molar-refractivity contribution is 7.88. The Morgan fingerprint density at radius 3 is 2.53 bits per heavy atom. The Morgan fingerprint density at radius 1 is 1.21 bits per heavy atom. The van der Waals surface area contributed by atoms with E-state index in [9.17, 15) is 8.42 Å². The Balaban J connectivity index is 2.17. The van der Waals surface area contributed by atoms with Gasteiger partial charge in [-0.3, -0.25) is 0 Å². The molecule has 0 fully saturated rings. The molecule has 0 aromatic heterocycles. The third-order valence-corrected chi connectivity index (χ3v) is 3.24. The zero-order valence-corrected chi connectivity index (χ0v) is 12.3. The summed E-state index contributed by atoms with van der Waals surface area (Å²) in [5.74, 6) is 0. The van der Waals surface area contributed by atoms with Gasteiger partial charge in [0.2, 0.25) is 10.0 Å². The van der Waals surface area contributed by atoms with Crippen molar-refractivity contribution in [2.45, 2.75) is 13.3 Å². The first kappa shape index (κ1) is 15.9. The summed E-state index contributed by atoms with van der Waals surface area (Å²) in [5.41, 5.74) is 2.45. The largest absolute Gasteiger partial charge is 0.313 e. The Morgan fingerprint density at radius 2 is 1.89 bits per heavy atom. The molecular weight excluding hydrogens is 260 g/mol. The van der Waals surface area contributed by atoms with Gasteiger partial charge in [0.15, 0.2) is 0 Å². The molecule has 2 N–H and O–H groups in total. The maximum atomic E-state index is 10.8. The molecule has 1 rings (SSSR count). The first-order valence-corrected chi connectivity index (χ1v) is 8.24. The number of hydrogen-bond donors (Lipinski definition) is 2. The molecule has 4 nitrogen and oxygen atoms in total. The lowest BCUT2D eigenvalue weighted by molar-refractivity contribution is 0.581. The van der Waals surface area contributed by atoms with Crippen LogP contribution in [0.1, 0.15) is 18.9 Å². The van der Waals surface area contributed by atoms with Crippen molar-refractivity contribution in [3.63, 3.8) is 0 Å². The highest BCUT2D eigenvalue weighted by Crippen LogP contribution is 2.04. The first-order valence-electron chi connectivity index (χ1n) is 6.35. The van der Waals surface area contributed by atoms with Crippen LogP contribution in [-0.4, -0.2) is 34.3 Å². The van der Waals surface area contributed by atoms with Gasteiger partial charge in [0.1, 0.15) is 0 Å². The molecule has 0 unspecified atom stereocenters. The number of rotatable bonds is 8. The lowest BCUT2D eigenvalue weighted by Gasteiger charge is -2.06. The van der Waals surface area contributed by atoms with Crippen molar-refractivity contribution in [1.29, 1.82) is 0 Å². The fourth-order valence-corrected chi connectivity index (χ4v) is 2.16. The molecule has 0 atom stereocenters. The molecule has 0 saturated carbocycles. The highest BCUT2D eigenvalue weighted by atomic mass is 32.2. The molecule has 0 spiro atoms. The molecule has 0 aliphatic carbocycles. The molecule has 106 valence electrons. The maximum absolute atomic E-state index is 10.8. The van der Waals surface area contributed by atoms with Crippen molar-refractivity contribution >= 4 is 16.1 Å². The molecular formula is C14H22N2O2S. The second kappa shape index (κ2) is 8.09. The average Bonchev–Trinajstić information content (AvgIpc) is 2.33. The lowest BCUT2D eigenvalue weighted by Crippen LogP contribution is -2.26. The number of benzene rings is 1. The van der Waals surface area contributed by atoms with Gasteiger partial charge in [-0.1, -0.05) is 42.0 Å². The summed E-state index contributed by atoms with van der Waals surface area (Å²) in [7, 11) is -3.06. The monoisotopic (exact) mass is 282 g/mol. The van der Waals surface area contributed by atoms with Crippen molar-refractivity contribution < 1.29 is 8.42 Å². The van der Waals surface area contributed by atoms with Gasteiger partial charge < -0.3 is 5.32 Å². The van der Waals surface area contributed by atoms with Crippen LogP contribution >= 0.6 is 0 Å². The molecule has 0 heterocycles. The predicted octanol–water partition coefficient (Wildman–Crippen LogP) is 1.62. The quantitative estimate of drug-likeness (QED) is 0.712. The summed E-state index contributed by atoms with van der Waals surface area (Å²) < 4.78 is 24.1. The van der Waals surface area contributed by atoms with Crippen molar-refractivity contribution in [2.75, 3.05) is 25.9 Å². The molecule has 19 heavy (non-hydrogen) atoms. The fourth-order valence-electron chi connectivity index (χ4n) is 1.64. The lowest BCUT2D eigenvalue weighted by atomic mass is 10.1. The summed E-state index contributed by atoms with van der Waals surface area (Å²) in [6, 6.07) is 10.2. The van der Waals surface area contributed by atoms with Crippen molar-refractivity contribution in [2.24, 2.45) is 0 Å². The van der Waals surface area contributed by atoms with E-state index < -0.39 is 10.0 Å². The van der Waals surface area contributed by atoms with Crippen molar-refractivity contribution in [3.05, 3.63) is 41.5 Å². The van der Waals surface area contributed by atoms with E-state index in [0.29, 0.717) is 6.54 Å². The van der Waals surface area contributed by atoms with E-state index in [1.54, 1.807) is 0 Å². The topological polar surface area (TPSA) is 58.2 Å². The third-order valence-electron chi connectivity index (χ3n) is 2.51. The van der Waals surface area contributed by atoms with Gasteiger partial charge in [-0.15, -0.1) is 0 Å². The highest BCUT2D eigenvalue weighted by Gasteiger charge is 1.98. The van der Waals surface area contributed by atoms with Crippen LogP contribution in [0, 0.1) is 0 Å². The minimum absolute atomic E-state index is 0.479. The van der Waals surface area contributed by atoms with Crippen LogP contribution in [-0.2, 0) is 10.0 Å². The van der Waals surface area contributed by atoms with E-state index in [4.69, 9.17) is 0 Å². The second-order valence-corrected chi connectivity index (χ2v) is 6.43. The van der Waals surface area contributed by atoms with Crippen LogP contribution < -0.4 is 10.0 Å². The normalized spacial score (nSPS) is 12.6. The van der Waals surface area contributed by atoms with E-state index >= 15 is 0 Å². The Kier molecular flexibility index (Phi) is 6.77. The first-order chi connectivity index (χ1) is 8.97. The molecule has 1 aromatic rings. The SMILES string of the molecule is C/C(=C/c1ccccc1)CNCCCNS(C)(=O)=O. The third kappa shape index (κ3) is 8.53. The number of sulfonamides is 1. The van der Waals surface area contributed by atoms with Crippen LogP contribution in [0.3, 0.4) is 0 Å². The van der Waals surface area contributed by atoms with Gasteiger partial charge in [-0.2, -0.15) is 0 Å². The van der Waals surface area contributed by atoms with Gasteiger partial charge in [0.05, 0.1) is 6.26 Å². The smallest absolute Gasteiger partial charge is 0.208 e. The minimum Gasteiger partial charge on any atom is -0.313 e. The zero-order chi connectivity index (χ0) is 14.1. The van der Waals surface area contributed by atoms with Crippen LogP contribution in [0.25, 0.3) is 6.08 Å². The maximum Gasteiger partial charge on any atom is 0.208 e. The molecule has 0 amide bonds. The van der Waals surface area contributed by atoms with Gasteiger partial charge >= 0.3 is 0 Å².